The Bertz CT molecular complexity index is 152. The van der Waals surface area contributed by atoms with Crippen LogP contribution in [0.1, 0.15) is 70.6 Å². The second-order valence-corrected chi connectivity index (χ2v) is 4.34. The van der Waals surface area contributed by atoms with Crippen molar-refractivity contribution in [1.82, 2.24) is 0 Å². The summed E-state index contributed by atoms with van der Waals surface area (Å²) in [5, 5.41) is 13.6. The molecule has 2 nitrogen and oxygen atoms in total. The fraction of sp³-hybridized carbons (Fsp3) is 0.917. The monoisotopic (exact) mass is 196 g/mol. The maximum atomic E-state index is 10.5. The Balaban J connectivity index is 2.24. The summed E-state index contributed by atoms with van der Waals surface area (Å²) < 4.78 is 0. The van der Waals surface area contributed by atoms with Crippen LogP contribution in [0, 0.1) is 0 Å². The van der Waals surface area contributed by atoms with Gasteiger partial charge in [-0.2, -0.15) is 0 Å². The molecule has 1 aliphatic rings. The lowest BCUT2D eigenvalue weighted by Crippen LogP contribution is -1.99. The number of nitrogens with zero attached hydrogens (tertiary/aromatic N) is 1. The van der Waals surface area contributed by atoms with Crippen LogP contribution in [0.2, 0.25) is 0 Å². The van der Waals surface area contributed by atoms with E-state index >= 15 is 0 Å². The molecule has 0 spiro atoms. The van der Waals surface area contributed by atoms with Gasteiger partial charge in [0.2, 0.25) is 0 Å². The van der Waals surface area contributed by atoms with E-state index in [1.165, 1.54) is 57.8 Å². The first-order chi connectivity index (χ1) is 6.93. The van der Waals surface area contributed by atoms with Gasteiger partial charge in [0.25, 0.3) is 0 Å². The molecule has 1 aliphatic carbocycles. The van der Waals surface area contributed by atoms with Gasteiger partial charge in [-0.15, -0.1) is 5.21 Å². The maximum absolute atomic E-state index is 10.5. The van der Waals surface area contributed by atoms with E-state index in [1.54, 1.807) is 0 Å². The molecular formula is C12H22NO. The largest absolute Gasteiger partial charge is 0.145 e. The van der Waals surface area contributed by atoms with Crippen molar-refractivity contribution in [3.05, 3.63) is 0 Å². The summed E-state index contributed by atoms with van der Waals surface area (Å²) in [6.07, 6.45) is 13.6. The van der Waals surface area contributed by atoms with Crippen molar-refractivity contribution in [1.29, 1.82) is 0 Å². The summed E-state index contributed by atoms with van der Waals surface area (Å²) in [6, 6.07) is 0. The Labute approximate surface area is 87.4 Å². The van der Waals surface area contributed by atoms with Crippen molar-refractivity contribution in [3.8, 4) is 0 Å². The summed E-state index contributed by atoms with van der Waals surface area (Å²) in [4.78, 5) is 0. The highest BCUT2D eigenvalue weighted by Gasteiger charge is 2.03. The predicted molar refractivity (Wildman–Crippen MR) is 58.9 cm³/mol. The van der Waals surface area contributed by atoms with Gasteiger partial charge in [-0.05, 0) is 30.8 Å². The van der Waals surface area contributed by atoms with E-state index in [0.29, 0.717) is 0 Å². The molecule has 1 fully saturated rings. The average molecular weight is 196 g/mol. The van der Waals surface area contributed by atoms with Gasteiger partial charge in [0.15, 0.2) is 0 Å². The molecule has 0 aromatic carbocycles. The second kappa shape index (κ2) is 7.84. The summed E-state index contributed by atoms with van der Waals surface area (Å²) in [5.74, 6) is 0. The van der Waals surface area contributed by atoms with Crippen molar-refractivity contribution >= 4 is 5.71 Å². The zero-order valence-electron chi connectivity index (χ0n) is 9.13. The quantitative estimate of drug-likeness (QED) is 0.523. The fourth-order valence-corrected chi connectivity index (χ4v) is 2.11. The minimum atomic E-state index is 0.908. The first kappa shape index (κ1) is 11.5. The van der Waals surface area contributed by atoms with Crippen LogP contribution in [0.5, 0.6) is 0 Å². The lowest BCUT2D eigenvalue weighted by atomic mass is 10.00. The molecule has 0 N–H and O–H groups in total. The van der Waals surface area contributed by atoms with Crippen molar-refractivity contribution in [2.24, 2.45) is 5.16 Å². The van der Waals surface area contributed by atoms with Crippen molar-refractivity contribution in [2.45, 2.75) is 70.6 Å². The molecule has 0 aromatic rings. The third-order valence-electron chi connectivity index (χ3n) is 3.06. The van der Waals surface area contributed by atoms with Gasteiger partial charge in [0.05, 0.1) is 5.71 Å². The van der Waals surface area contributed by atoms with Crippen molar-refractivity contribution in [3.63, 3.8) is 0 Å². The molecule has 14 heavy (non-hydrogen) atoms. The number of rotatable bonds is 0. The molecular weight excluding hydrogens is 174 g/mol. The first-order valence-corrected chi connectivity index (χ1v) is 6.11. The second-order valence-electron chi connectivity index (χ2n) is 4.34. The molecule has 2 heteroatoms. The lowest BCUT2D eigenvalue weighted by Gasteiger charge is -2.07. The molecule has 1 saturated carbocycles. The van der Waals surface area contributed by atoms with Crippen LogP contribution in [0.25, 0.3) is 0 Å². The number of hydrogen-bond acceptors (Lipinski definition) is 1. The van der Waals surface area contributed by atoms with Gasteiger partial charge in [0, 0.05) is 0 Å². The van der Waals surface area contributed by atoms with E-state index in [1.807, 2.05) is 0 Å². The topological polar surface area (TPSA) is 32.3 Å². The third kappa shape index (κ3) is 5.25. The minimum absolute atomic E-state index is 0.908. The molecule has 0 atom stereocenters. The molecule has 0 amide bonds. The molecule has 0 bridgehead atoms. The standard InChI is InChI=1S/C12H22NO/c14-13-12-10-8-6-4-2-1-3-5-7-9-11-12/h1-11H2. The van der Waals surface area contributed by atoms with Crippen LogP contribution in [-0.2, 0) is 5.21 Å². The van der Waals surface area contributed by atoms with Crippen molar-refractivity contribution in [2.75, 3.05) is 0 Å². The highest BCUT2D eigenvalue weighted by atomic mass is 16.4. The Hall–Kier alpha value is -0.530. The molecule has 0 heterocycles. The molecule has 0 aliphatic heterocycles. The van der Waals surface area contributed by atoms with E-state index in [-0.39, 0.29) is 0 Å². The van der Waals surface area contributed by atoms with Gasteiger partial charge < -0.3 is 0 Å². The average Bonchev–Trinajstić information content (AvgIpc) is 2.19. The summed E-state index contributed by atoms with van der Waals surface area (Å²) in [7, 11) is 0. The summed E-state index contributed by atoms with van der Waals surface area (Å²) in [6.45, 7) is 0. The molecule has 0 aromatic heterocycles. The van der Waals surface area contributed by atoms with Gasteiger partial charge in [-0.25, -0.2) is 0 Å². The van der Waals surface area contributed by atoms with Crippen LogP contribution in [0.15, 0.2) is 5.16 Å². The van der Waals surface area contributed by atoms with Crippen LogP contribution in [-0.4, -0.2) is 5.71 Å². The SMILES string of the molecule is [O]N=C1CCCCCCCCCCC1. The summed E-state index contributed by atoms with van der Waals surface area (Å²) in [5.41, 5.74) is 0.908. The highest BCUT2D eigenvalue weighted by Crippen LogP contribution is 2.15. The van der Waals surface area contributed by atoms with Crippen LogP contribution in [0.4, 0.5) is 0 Å². The third-order valence-corrected chi connectivity index (χ3v) is 3.06. The number of hydrogen-bond donors (Lipinski definition) is 0. The Kier molecular flexibility index (Phi) is 6.46. The van der Waals surface area contributed by atoms with Crippen LogP contribution >= 0.6 is 0 Å². The molecule has 1 radical (unpaired) electrons. The van der Waals surface area contributed by atoms with Crippen LogP contribution in [0.3, 0.4) is 0 Å². The first-order valence-electron chi connectivity index (χ1n) is 6.11. The van der Waals surface area contributed by atoms with Crippen molar-refractivity contribution < 1.29 is 5.21 Å². The zero-order valence-corrected chi connectivity index (χ0v) is 9.13. The van der Waals surface area contributed by atoms with Gasteiger partial charge in [-0.3, -0.25) is 0 Å². The fourth-order valence-electron chi connectivity index (χ4n) is 2.11. The van der Waals surface area contributed by atoms with E-state index in [4.69, 9.17) is 0 Å². The molecule has 1 rings (SSSR count). The van der Waals surface area contributed by atoms with Gasteiger partial charge in [0.1, 0.15) is 0 Å². The smallest absolute Gasteiger partial charge is 0.0624 e. The van der Waals surface area contributed by atoms with Crippen LogP contribution < -0.4 is 0 Å². The predicted octanol–water partition coefficient (Wildman–Crippen LogP) is 4.08. The minimum Gasteiger partial charge on any atom is -0.145 e. The zero-order chi connectivity index (χ0) is 10.1. The van der Waals surface area contributed by atoms with Gasteiger partial charge >= 0.3 is 0 Å². The molecule has 0 saturated heterocycles. The molecule has 0 unspecified atom stereocenters. The van der Waals surface area contributed by atoms with Gasteiger partial charge in [-0.1, -0.05) is 44.9 Å². The molecule has 81 valence electrons. The lowest BCUT2D eigenvalue weighted by molar-refractivity contribution is 0.207. The van der Waals surface area contributed by atoms with E-state index in [2.05, 4.69) is 5.16 Å². The van der Waals surface area contributed by atoms with E-state index in [0.717, 1.165) is 18.6 Å². The highest BCUT2D eigenvalue weighted by molar-refractivity contribution is 5.83. The summed E-state index contributed by atoms with van der Waals surface area (Å²) >= 11 is 0. The van der Waals surface area contributed by atoms with E-state index in [9.17, 15) is 5.21 Å². The normalized spacial score (nSPS) is 22.1. The Morgan fingerprint density at radius 1 is 0.643 bits per heavy atom. The Morgan fingerprint density at radius 3 is 1.36 bits per heavy atom. The maximum Gasteiger partial charge on any atom is 0.0624 e. The Morgan fingerprint density at radius 2 is 1.00 bits per heavy atom. The van der Waals surface area contributed by atoms with E-state index < -0.39 is 0 Å².